The molecule has 16 heavy (non-hydrogen) atoms. The molecule has 4 nitrogen and oxygen atoms in total. The highest BCUT2D eigenvalue weighted by molar-refractivity contribution is 5.90. The van der Waals surface area contributed by atoms with Crippen LogP contribution < -0.4 is 4.74 Å². The van der Waals surface area contributed by atoms with Crippen LogP contribution in [0.4, 0.5) is 13.2 Å². The van der Waals surface area contributed by atoms with E-state index in [0.29, 0.717) is 6.07 Å². The summed E-state index contributed by atoms with van der Waals surface area (Å²) in [5, 5.41) is 0. The third-order valence-electron chi connectivity index (χ3n) is 1.78. The van der Waals surface area contributed by atoms with Crippen LogP contribution >= 0.6 is 0 Å². The number of methoxy groups -OCH3 is 2. The maximum atomic E-state index is 13.2. The molecule has 0 saturated carbocycles. The van der Waals surface area contributed by atoms with E-state index >= 15 is 0 Å². The number of hydrogen-bond donors (Lipinski definition) is 0. The van der Waals surface area contributed by atoms with E-state index < -0.39 is 35.3 Å². The summed E-state index contributed by atoms with van der Waals surface area (Å²) in [7, 11) is 2.08. The lowest BCUT2D eigenvalue weighted by atomic mass is 10.2. The molecule has 0 aliphatic heterocycles. The fraction of sp³-hybridized carbons (Fsp3) is 0.333. The average Bonchev–Trinajstić information content (AvgIpc) is 2.27. The van der Waals surface area contributed by atoms with E-state index in [-0.39, 0.29) is 0 Å². The Morgan fingerprint density at radius 1 is 1.44 bits per heavy atom. The fourth-order valence-electron chi connectivity index (χ4n) is 1.07. The van der Waals surface area contributed by atoms with Crippen molar-refractivity contribution in [1.82, 2.24) is 4.98 Å². The molecule has 0 radical (unpaired) electrons. The van der Waals surface area contributed by atoms with Crippen molar-refractivity contribution >= 4 is 5.97 Å². The molecule has 0 unspecified atom stereocenters. The van der Waals surface area contributed by atoms with Gasteiger partial charge in [0.05, 0.1) is 19.8 Å². The van der Waals surface area contributed by atoms with Crippen LogP contribution in [-0.4, -0.2) is 25.2 Å². The summed E-state index contributed by atoms with van der Waals surface area (Å²) in [5.41, 5.74) is -1.49. The Morgan fingerprint density at radius 2 is 2.06 bits per heavy atom. The minimum atomic E-state index is -3.02. The van der Waals surface area contributed by atoms with Crippen molar-refractivity contribution < 1.29 is 27.4 Å². The van der Waals surface area contributed by atoms with Gasteiger partial charge >= 0.3 is 5.97 Å². The molecular formula is C9H8F3NO3. The second-order valence-corrected chi connectivity index (χ2v) is 2.70. The SMILES string of the molecule is COC(=O)c1cc(F)c(OC)nc1C(F)F. The van der Waals surface area contributed by atoms with Gasteiger partial charge in [0, 0.05) is 0 Å². The molecule has 1 aromatic heterocycles. The normalized spacial score (nSPS) is 10.4. The first-order chi connectivity index (χ1) is 7.51. The maximum Gasteiger partial charge on any atom is 0.340 e. The molecule has 0 spiro atoms. The van der Waals surface area contributed by atoms with Crippen molar-refractivity contribution in [3.05, 3.63) is 23.1 Å². The number of halogens is 3. The number of aromatic nitrogens is 1. The van der Waals surface area contributed by atoms with Crippen LogP contribution in [0.25, 0.3) is 0 Å². The van der Waals surface area contributed by atoms with Gasteiger partial charge in [0.25, 0.3) is 12.3 Å². The molecule has 0 saturated heterocycles. The summed E-state index contributed by atoms with van der Waals surface area (Å²) in [6.07, 6.45) is -3.02. The van der Waals surface area contributed by atoms with E-state index in [0.717, 1.165) is 14.2 Å². The van der Waals surface area contributed by atoms with Gasteiger partial charge in [0.1, 0.15) is 5.69 Å². The van der Waals surface area contributed by atoms with Crippen LogP contribution in [0.15, 0.2) is 6.07 Å². The lowest BCUT2D eigenvalue weighted by molar-refractivity contribution is 0.0586. The summed E-state index contributed by atoms with van der Waals surface area (Å²) < 4.78 is 46.9. The molecule has 0 aliphatic rings. The number of carbonyl (C=O) groups excluding carboxylic acids is 1. The van der Waals surface area contributed by atoms with Crippen molar-refractivity contribution in [2.24, 2.45) is 0 Å². The first-order valence-corrected chi connectivity index (χ1v) is 4.12. The molecule has 0 fully saturated rings. The molecule has 0 aliphatic carbocycles. The first kappa shape index (κ1) is 12.3. The topological polar surface area (TPSA) is 48.4 Å². The van der Waals surface area contributed by atoms with E-state index in [1.165, 1.54) is 0 Å². The van der Waals surface area contributed by atoms with Gasteiger partial charge in [0.15, 0.2) is 5.82 Å². The molecule has 88 valence electrons. The number of esters is 1. The molecular weight excluding hydrogens is 227 g/mol. The van der Waals surface area contributed by atoms with Crippen LogP contribution in [0.2, 0.25) is 0 Å². The lowest BCUT2D eigenvalue weighted by Crippen LogP contribution is -2.10. The second-order valence-electron chi connectivity index (χ2n) is 2.70. The van der Waals surface area contributed by atoms with E-state index in [1.54, 1.807) is 0 Å². The summed E-state index contributed by atoms with van der Waals surface area (Å²) in [6, 6.07) is 0.610. The van der Waals surface area contributed by atoms with Crippen LogP contribution in [0.1, 0.15) is 22.5 Å². The summed E-state index contributed by atoms with van der Waals surface area (Å²) >= 11 is 0. The maximum absolute atomic E-state index is 13.2. The monoisotopic (exact) mass is 235 g/mol. The highest BCUT2D eigenvalue weighted by atomic mass is 19.3. The molecule has 1 heterocycles. The van der Waals surface area contributed by atoms with Gasteiger partial charge in [-0.05, 0) is 6.07 Å². The lowest BCUT2D eigenvalue weighted by Gasteiger charge is -2.08. The second kappa shape index (κ2) is 4.82. The standard InChI is InChI=1S/C9H8F3NO3/c1-15-8-5(10)3-4(9(14)16-2)6(13-8)7(11)12/h3,7H,1-2H3. The quantitative estimate of drug-likeness (QED) is 0.751. The zero-order valence-corrected chi connectivity index (χ0v) is 8.46. The Hall–Kier alpha value is -1.79. The van der Waals surface area contributed by atoms with Crippen molar-refractivity contribution in [2.45, 2.75) is 6.43 Å². The zero-order valence-electron chi connectivity index (χ0n) is 8.46. The van der Waals surface area contributed by atoms with E-state index in [9.17, 15) is 18.0 Å². The summed E-state index contributed by atoms with van der Waals surface area (Å²) in [5.74, 6) is -2.68. The summed E-state index contributed by atoms with van der Waals surface area (Å²) in [6.45, 7) is 0. The van der Waals surface area contributed by atoms with Gasteiger partial charge in [0.2, 0.25) is 0 Å². The Kier molecular flexibility index (Phi) is 3.70. The largest absolute Gasteiger partial charge is 0.479 e. The van der Waals surface area contributed by atoms with E-state index in [2.05, 4.69) is 14.5 Å². The molecule has 0 N–H and O–H groups in total. The average molecular weight is 235 g/mol. The summed E-state index contributed by atoms with van der Waals surface area (Å²) in [4.78, 5) is 14.3. The Labute approximate surface area is 89.0 Å². The number of hydrogen-bond acceptors (Lipinski definition) is 4. The van der Waals surface area contributed by atoms with Crippen LogP contribution in [0, 0.1) is 5.82 Å². The minimum Gasteiger partial charge on any atom is -0.479 e. The zero-order chi connectivity index (χ0) is 12.3. The number of carbonyl (C=O) groups is 1. The van der Waals surface area contributed by atoms with Crippen molar-refractivity contribution in [2.75, 3.05) is 14.2 Å². The van der Waals surface area contributed by atoms with Crippen LogP contribution in [0.3, 0.4) is 0 Å². The number of rotatable bonds is 3. The van der Waals surface area contributed by atoms with Gasteiger partial charge < -0.3 is 9.47 Å². The molecule has 7 heteroatoms. The first-order valence-electron chi connectivity index (χ1n) is 4.12. The van der Waals surface area contributed by atoms with Crippen molar-refractivity contribution in [1.29, 1.82) is 0 Å². The van der Waals surface area contributed by atoms with Gasteiger partial charge in [-0.3, -0.25) is 0 Å². The Morgan fingerprint density at radius 3 is 2.50 bits per heavy atom. The number of pyridine rings is 1. The predicted octanol–water partition coefficient (Wildman–Crippen LogP) is 1.95. The third kappa shape index (κ3) is 2.23. The van der Waals surface area contributed by atoms with Crippen LogP contribution in [0.5, 0.6) is 5.88 Å². The molecule has 1 aromatic rings. The number of ether oxygens (including phenoxy) is 2. The highest BCUT2D eigenvalue weighted by Crippen LogP contribution is 2.26. The predicted molar refractivity (Wildman–Crippen MR) is 47.0 cm³/mol. The van der Waals surface area contributed by atoms with Gasteiger partial charge in [-0.1, -0.05) is 0 Å². The molecule has 0 bridgehead atoms. The van der Waals surface area contributed by atoms with E-state index in [1.807, 2.05) is 0 Å². The molecule has 0 atom stereocenters. The smallest absolute Gasteiger partial charge is 0.340 e. The fourth-order valence-corrected chi connectivity index (χ4v) is 1.07. The molecule has 0 aromatic carbocycles. The number of alkyl halides is 2. The minimum absolute atomic E-state index is 0.594. The van der Waals surface area contributed by atoms with Crippen molar-refractivity contribution in [3.63, 3.8) is 0 Å². The third-order valence-corrected chi connectivity index (χ3v) is 1.78. The molecule has 1 rings (SSSR count). The highest BCUT2D eigenvalue weighted by Gasteiger charge is 2.24. The van der Waals surface area contributed by atoms with E-state index in [4.69, 9.17) is 0 Å². The molecule has 0 amide bonds. The van der Waals surface area contributed by atoms with Gasteiger partial charge in [-0.25, -0.2) is 22.9 Å². The van der Waals surface area contributed by atoms with Crippen LogP contribution in [-0.2, 0) is 4.74 Å². The Bertz CT molecular complexity index is 409. The van der Waals surface area contributed by atoms with Gasteiger partial charge in [-0.15, -0.1) is 0 Å². The number of nitrogens with zero attached hydrogens (tertiary/aromatic N) is 1. The Balaban J connectivity index is 3.36. The van der Waals surface area contributed by atoms with Gasteiger partial charge in [-0.2, -0.15) is 0 Å². The van der Waals surface area contributed by atoms with Crippen molar-refractivity contribution in [3.8, 4) is 5.88 Å².